The first-order chi connectivity index (χ1) is 9.38. The van der Waals surface area contributed by atoms with Crippen molar-refractivity contribution >= 4 is 5.91 Å². The molecule has 0 atom stereocenters. The molecule has 1 saturated carbocycles. The Morgan fingerprint density at radius 3 is 2.60 bits per heavy atom. The van der Waals surface area contributed by atoms with Crippen molar-refractivity contribution in [3.63, 3.8) is 0 Å². The van der Waals surface area contributed by atoms with Crippen LogP contribution in [0.25, 0.3) is 0 Å². The highest BCUT2D eigenvalue weighted by molar-refractivity contribution is 5.79. The molecule has 0 radical (unpaired) electrons. The largest absolute Gasteiger partial charge is 0.346 e. The minimum absolute atomic E-state index is 0.152. The number of nitrogens with one attached hydrogen (secondary N) is 2. The van der Waals surface area contributed by atoms with Gasteiger partial charge in [-0.05, 0) is 56.8 Å². The number of halogens is 2. The molecule has 1 aliphatic rings. The molecule has 0 aliphatic heterocycles. The van der Waals surface area contributed by atoms with Crippen molar-refractivity contribution in [3.05, 3.63) is 35.4 Å². The topological polar surface area (TPSA) is 41.1 Å². The molecular formula is C15H20F2N2O. The van der Waals surface area contributed by atoms with E-state index in [1.807, 2.05) is 0 Å². The van der Waals surface area contributed by atoms with Crippen LogP contribution in [0.15, 0.2) is 18.2 Å². The zero-order valence-electron chi connectivity index (χ0n) is 11.8. The van der Waals surface area contributed by atoms with Gasteiger partial charge >= 0.3 is 0 Å². The fraction of sp³-hybridized carbons (Fsp3) is 0.533. The van der Waals surface area contributed by atoms with Gasteiger partial charge in [-0.15, -0.1) is 0 Å². The van der Waals surface area contributed by atoms with Crippen LogP contribution in [0.1, 0.15) is 32.3 Å². The van der Waals surface area contributed by atoms with Crippen molar-refractivity contribution in [3.8, 4) is 0 Å². The molecule has 0 bridgehead atoms. The molecule has 0 aromatic heterocycles. The third-order valence-electron chi connectivity index (χ3n) is 3.51. The van der Waals surface area contributed by atoms with E-state index < -0.39 is 17.2 Å². The lowest BCUT2D eigenvalue weighted by atomic mass is 9.94. The van der Waals surface area contributed by atoms with E-state index in [1.165, 1.54) is 18.9 Å². The summed E-state index contributed by atoms with van der Waals surface area (Å²) in [7, 11) is 0. The number of carbonyl (C=O) groups is 1. The zero-order chi connectivity index (χ0) is 14.8. The van der Waals surface area contributed by atoms with Gasteiger partial charge in [0.15, 0.2) is 11.6 Å². The summed E-state index contributed by atoms with van der Waals surface area (Å²) in [5, 5.41) is 5.92. The Bertz CT molecular complexity index is 499. The molecule has 5 heteroatoms. The quantitative estimate of drug-likeness (QED) is 0.840. The third-order valence-corrected chi connectivity index (χ3v) is 3.51. The van der Waals surface area contributed by atoms with E-state index in [4.69, 9.17) is 0 Å². The van der Waals surface area contributed by atoms with Gasteiger partial charge in [0.1, 0.15) is 0 Å². The van der Waals surface area contributed by atoms with Crippen LogP contribution in [0.2, 0.25) is 0 Å². The second-order valence-corrected chi connectivity index (χ2v) is 5.88. The standard InChI is InChI=1S/C15H20F2N2O/c1-15(2,11-5-6-12(16)13(17)7-11)19-14(20)9-18-8-10-3-4-10/h5-7,10,18H,3-4,8-9H2,1-2H3,(H,19,20). The van der Waals surface area contributed by atoms with Crippen molar-refractivity contribution < 1.29 is 13.6 Å². The normalized spacial score (nSPS) is 15.2. The molecule has 1 amide bonds. The lowest BCUT2D eigenvalue weighted by molar-refractivity contribution is -0.121. The average molecular weight is 282 g/mol. The van der Waals surface area contributed by atoms with Crippen LogP contribution >= 0.6 is 0 Å². The summed E-state index contributed by atoms with van der Waals surface area (Å²) in [6.45, 7) is 4.62. The molecule has 0 saturated heterocycles. The first kappa shape index (κ1) is 14.9. The van der Waals surface area contributed by atoms with Gasteiger partial charge < -0.3 is 10.6 Å². The molecule has 20 heavy (non-hydrogen) atoms. The van der Waals surface area contributed by atoms with Crippen molar-refractivity contribution in [1.82, 2.24) is 10.6 Å². The predicted molar refractivity (Wildman–Crippen MR) is 73.1 cm³/mol. The second kappa shape index (κ2) is 5.87. The number of carbonyl (C=O) groups excluding carboxylic acids is 1. The Morgan fingerprint density at radius 1 is 1.30 bits per heavy atom. The van der Waals surface area contributed by atoms with Crippen LogP contribution in [-0.2, 0) is 10.3 Å². The van der Waals surface area contributed by atoms with Crippen LogP contribution in [0, 0.1) is 17.6 Å². The highest BCUT2D eigenvalue weighted by Gasteiger charge is 2.25. The van der Waals surface area contributed by atoms with Gasteiger partial charge in [-0.1, -0.05) is 6.07 Å². The molecule has 2 rings (SSSR count). The van der Waals surface area contributed by atoms with Crippen molar-refractivity contribution in [1.29, 1.82) is 0 Å². The summed E-state index contributed by atoms with van der Waals surface area (Å²) < 4.78 is 26.2. The Balaban J connectivity index is 1.90. The smallest absolute Gasteiger partial charge is 0.234 e. The number of hydrogen-bond donors (Lipinski definition) is 2. The van der Waals surface area contributed by atoms with E-state index in [2.05, 4.69) is 10.6 Å². The Labute approximate surface area is 117 Å². The van der Waals surface area contributed by atoms with Crippen LogP contribution in [0.4, 0.5) is 8.78 Å². The van der Waals surface area contributed by atoms with E-state index in [0.717, 1.165) is 18.7 Å². The van der Waals surface area contributed by atoms with E-state index in [9.17, 15) is 13.6 Å². The maximum Gasteiger partial charge on any atom is 0.234 e. The lowest BCUT2D eigenvalue weighted by Crippen LogP contribution is -2.45. The predicted octanol–water partition coefficient (Wildman–Crippen LogP) is 2.32. The van der Waals surface area contributed by atoms with E-state index in [0.29, 0.717) is 11.5 Å². The zero-order valence-corrected chi connectivity index (χ0v) is 11.8. The van der Waals surface area contributed by atoms with Gasteiger partial charge in [0.2, 0.25) is 5.91 Å². The van der Waals surface area contributed by atoms with E-state index in [-0.39, 0.29) is 12.5 Å². The monoisotopic (exact) mass is 282 g/mol. The van der Waals surface area contributed by atoms with Crippen LogP contribution in [0.5, 0.6) is 0 Å². The molecule has 0 unspecified atom stereocenters. The number of amides is 1. The molecular weight excluding hydrogens is 262 g/mol. The Hall–Kier alpha value is -1.49. The molecule has 0 heterocycles. The highest BCUT2D eigenvalue weighted by Crippen LogP contribution is 2.27. The summed E-state index contributed by atoms with van der Waals surface area (Å²) in [5.74, 6) is -1.24. The summed E-state index contributed by atoms with van der Waals surface area (Å²) in [6, 6.07) is 3.67. The van der Waals surface area contributed by atoms with Gasteiger partial charge in [-0.2, -0.15) is 0 Å². The highest BCUT2D eigenvalue weighted by atomic mass is 19.2. The lowest BCUT2D eigenvalue weighted by Gasteiger charge is -2.27. The Kier molecular flexibility index (Phi) is 4.38. The molecule has 3 nitrogen and oxygen atoms in total. The maximum absolute atomic E-state index is 13.2. The molecule has 110 valence electrons. The fourth-order valence-electron chi connectivity index (χ4n) is 2.06. The Morgan fingerprint density at radius 2 is 2.00 bits per heavy atom. The summed E-state index contributed by atoms with van der Waals surface area (Å²) in [4.78, 5) is 11.8. The summed E-state index contributed by atoms with van der Waals surface area (Å²) >= 11 is 0. The first-order valence-electron chi connectivity index (χ1n) is 6.86. The van der Waals surface area contributed by atoms with Crippen molar-refractivity contribution in [2.24, 2.45) is 5.92 Å². The van der Waals surface area contributed by atoms with Crippen LogP contribution in [0.3, 0.4) is 0 Å². The number of benzene rings is 1. The van der Waals surface area contributed by atoms with Gasteiger partial charge in [-0.25, -0.2) is 8.78 Å². The van der Waals surface area contributed by atoms with Crippen LogP contribution < -0.4 is 10.6 Å². The fourth-order valence-corrected chi connectivity index (χ4v) is 2.06. The van der Waals surface area contributed by atoms with E-state index >= 15 is 0 Å². The number of hydrogen-bond acceptors (Lipinski definition) is 2. The van der Waals surface area contributed by atoms with E-state index in [1.54, 1.807) is 13.8 Å². The number of rotatable bonds is 6. The van der Waals surface area contributed by atoms with Crippen molar-refractivity contribution in [2.45, 2.75) is 32.2 Å². The minimum atomic E-state index is -0.906. The minimum Gasteiger partial charge on any atom is -0.346 e. The second-order valence-electron chi connectivity index (χ2n) is 5.88. The molecule has 2 N–H and O–H groups in total. The van der Waals surface area contributed by atoms with Gasteiger partial charge in [0.05, 0.1) is 12.1 Å². The molecule has 1 aromatic rings. The van der Waals surface area contributed by atoms with Gasteiger partial charge in [0.25, 0.3) is 0 Å². The third kappa shape index (κ3) is 4.00. The van der Waals surface area contributed by atoms with Crippen molar-refractivity contribution in [2.75, 3.05) is 13.1 Å². The van der Waals surface area contributed by atoms with Crippen LogP contribution in [-0.4, -0.2) is 19.0 Å². The van der Waals surface area contributed by atoms with Gasteiger partial charge in [-0.3, -0.25) is 4.79 Å². The first-order valence-corrected chi connectivity index (χ1v) is 6.86. The average Bonchev–Trinajstić information content (AvgIpc) is 3.16. The molecule has 0 spiro atoms. The molecule has 1 fully saturated rings. The SMILES string of the molecule is CC(C)(NC(=O)CNCC1CC1)c1ccc(F)c(F)c1. The summed E-state index contributed by atoms with van der Waals surface area (Å²) in [5.41, 5.74) is -0.209. The maximum atomic E-state index is 13.2. The molecule has 1 aromatic carbocycles. The summed E-state index contributed by atoms with van der Waals surface area (Å²) in [6.07, 6.45) is 2.46. The molecule has 1 aliphatic carbocycles. The van der Waals surface area contributed by atoms with Gasteiger partial charge in [0, 0.05) is 0 Å².